The van der Waals surface area contributed by atoms with E-state index in [-0.39, 0.29) is 0 Å². The van der Waals surface area contributed by atoms with E-state index in [9.17, 15) is 0 Å². The fraction of sp³-hybridized carbons (Fsp3) is 0.647. The monoisotopic (exact) mass is 244 g/mol. The summed E-state index contributed by atoms with van der Waals surface area (Å²) in [5.74, 6) is 1.65. The zero-order valence-electron chi connectivity index (χ0n) is 11.6. The van der Waals surface area contributed by atoms with Gasteiger partial charge in [0.25, 0.3) is 0 Å². The molecular formula is C17H24O. The minimum absolute atomic E-state index is 0.319. The van der Waals surface area contributed by atoms with E-state index in [0.29, 0.717) is 11.5 Å². The lowest BCUT2D eigenvalue weighted by atomic mass is 9.63. The predicted molar refractivity (Wildman–Crippen MR) is 74.7 cm³/mol. The largest absolute Gasteiger partial charge is 0.378 e. The van der Waals surface area contributed by atoms with Crippen LogP contribution in [-0.4, -0.2) is 12.7 Å². The van der Waals surface area contributed by atoms with Gasteiger partial charge in [-0.05, 0) is 48.5 Å². The van der Waals surface area contributed by atoms with Crippen LogP contribution >= 0.6 is 0 Å². The van der Waals surface area contributed by atoms with Crippen LogP contribution in [0.2, 0.25) is 0 Å². The van der Waals surface area contributed by atoms with Gasteiger partial charge in [0.05, 0.1) is 6.10 Å². The smallest absolute Gasteiger partial charge is 0.0614 e. The molecule has 2 aliphatic rings. The highest BCUT2D eigenvalue weighted by Crippen LogP contribution is 2.46. The summed E-state index contributed by atoms with van der Waals surface area (Å²) in [7, 11) is 0. The van der Waals surface area contributed by atoms with Crippen molar-refractivity contribution in [3.05, 3.63) is 35.9 Å². The molecule has 0 radical (unpaired) electrons. The minimum Gasteiger partial charge on any atom is -0.378 e. The highest BCUT2D eigenvalue weighted by molar-refractivity contribution is 5.25. The first-order valence-electron chi connectivity index (χ1n) is 7.36. The molecule has 0 spiro atoms. The van der Waals surface area contributed by atoms with Gasteiger partial charge in [-0.1, -0.05) is 44.2 Å². The molecule has 1 aromatic carbocycles. The second kappa shape index (κ2) is 4.70. The van der Waals surface area contributed by atoms with E-state index in [0.717, 1.165) is 18.4 Å². The Labute approximate surface area is 111 Å². The molecule has 1 aromatic rings. The second-order valence-corrected chi connectivity index (χ2v) is 6.51. The van der Waals surface area contributed by atoms with Crippen molar-refractivity contribution in [3.63, 3.8) is 0 Å². The summed E-state index contributed by atoms with van der Waals surface area (Å²) in [4.78, 5) is 0. The van der Waals surface area contributed by atoms with Crippen LogP contribution in [0.25, 0.3) is 0 Å². The van der Waals surface area contributed by atoms with Crippen LogP contribution in [0.15, 0.2) is 30.3 Å². The van der Waals surface area contributed by atoms with Crippen molar-refractivity contribution in [2.75, 3.05) is 6.61 Å². The average Bonchev–Trinajstić information content (AvgIpc) is 2.40. The summed E-state index contributed by atoms with van der Waals surface area (Å²) in [6, 6.07) is 11.0. The van der Waals surface area contributed by atoms with Gasteiger partial charge >= 0.3 is 0 Å². The van der Waals surface area contributed by atoms with Gasteiger partial charge in [-0.3, -0.25) is 0 Å². The van der Waals surface area contributed by atoms with Crippen molar-refractivity contribution >= 4 is 0 Å². The van der Waals surface area contributed by atoms with Crippen LogP contribution in [0.3, 0.4) is 0 Å². The molecule has 1 saturated carbocycles. The lowest BCUT2D eigenvalue weighted by molar-refractivity contribution is -0.0879. The average molecular weight is 244 g/mol. The molecule has 98 valence electrons. The maximum absolute atomic E-state index is 6.07. The number of benzene rings is 1. The van der Waals surface area contributed by atoms with Gasteiger partial charge < -0.3 is 4.74 Å². The Bertz CT molecular complexity index is 399. The summed E-state index contributed by atoms with van der Waals surface area (Å²) in [6.45, 7) is 5.79. The molecule has 3 rings (SSSR count). The fourth-order valence-electron chi connectivity index (χ4n) is 3.92. The molecule has 1 heterocycles. The van der Waals surface area contributed by atoms with Crippen LogP contribution in [0.5, 0.6) is 0 Å². The molecule has 0 bridgehead atoms. The van der Waals surface area contributed by atoms with Crippen molar-refractivity contribution in [3.8, 4) is 0 Å². The van der Waals surface area contributed by atoms with E-state index in [1.54, 1.807) is 0 Å². The van der Waals surface area contributed by atoms with E-state index in [4.69, 9.17) is 4.74 Å². The van der Waals surface area contributed by atoms with E-state index < -0.39 is 0 Å². The van der Waals surface area contributed by atoms with Crippen LogP contribution in [0.1, 0.15) is 45.1 Å². The summed E-state index contributed by atoms with van der Waals surface area (Å²) in [6.07, 6.45) is 5.59. The van der Waals surface area contributed by atoms with Crippen LogP contribution in [-0.2, 0) is 10.2 Å². The molecular weight excluding hydrogens is 220 g/mol. The Morgan fingerprint density at radius 1 is 1.17 bits per heavy atom. The quantitative estimate of drug-likeness (QED) is 0.720. The maximum atomic E-state index is 6.07. The predicted octanol–water partition coefficient (Wildman–Crippen LogP) is 4.17. The molecule has 0 aromatic heterocycles. The zero-order chi connectivity index (χ0) is 12.6. The first-order chi connectivity index (χ1) is 8.69. The standard InChI is InChI=1S/C17H24O/c1-13-9-11-18-16-12-17(2,10-8-15(13)16)14-6-4-3-5-7-14/h3-7,13,15-16H,8-12H2,1-2H3. The molecule has 4 unspecified atom stereocenters. The van der Waals surface area contributed by atoms with Crippen molar-refractivity contribution in [1.82, 2.24) is 0 Å². The molecule has 2 fully saturated rings. The number of fused-ring (bicyclic) bond motifs is 1. The Kier molecular flexibility index (Phi) is 3.19. The van der Waals surface area contributed by atoms with Crippen molar-refractivity contribution in [2.24, 2.45) is 11.8 Å². The molecule has 0 N–H and O–H groups in total. The molecule has 4 atom stereocenters. The number of rotatable bonds is 1. The molecule has 1 aliphatic heterocycles. The van der Waals surface area contributed by atoms with E-state index in [1.165, 1.54) is 31.2 Å². The topological polar surface area (TPSA) is 9.23 Å². The van der Waals surface area contributed by atoms with Crippen molar-refractivity contribution in [2.45, 2.75) is 51.0 Å². The third-order valence-corrected chi connectivity index (χ3v) is 5.27. The molecule has 1 nitrogen and oxygen atoms in total. The molecule has 1 heteroatoms. The molecule has 18 heavy (non-hydrogen) atoms. The lowest BCUT2D eigenvalue weighted by Crippen LogP contribution is -2.45. The molecule has 1 saturated heterocycles. The Morgan fingerprint density at radius 3 is 2.72 bits per heavy atom. The van der Waals surface area contributed by atoms with Gasteiger partial charge in [-0.15, -0.1) is 0 Å². The summed E-state index contributed by atoms with van der Waals surface area (Å²) < 4.78 is 6.07. The summed E-state index contributed by atoms with van der Waals surface area (Å²) in [5.41, 5.74) is 1.81. The summed E-state index contributed by atoms with van der Waals surface area (Å²) in [5, 5.41) is 0. The van der Waals surface area contributed by atoms with Gasteiger partial charge in [0.2, 0.25) is 0 Å². The Hall–Kier alpha value is -0.820. The SMILES string of the molecule is CC1CCOC2CC(C)(c3ccccc3)CCC12. The van der Waals surface area contributed by atoms with Crippen LogP contribution in [0.4, 0.5) is 0 Å². The van der Waals surface area contributed by atoms with E-state index >= 15 is 0 Å². The molecule has 0 amide bonds. The highest BCUT2D eigenvalue weighted by atomic mass is 16.5. The van der Waals surface area contributed by atoms with Gasteiger partial charge in [-0.2, -0.15) is 0 Å². The van der Waals surface area contributed by atoms with Gasteiger partial charge in [-0.25, -0.2) is 0 Å². The zero-order valence-corrected chi connectivity index (χ0v) is 11.6. The third-order valence-electron chi connectivity index (χ3n) is 5.27. The van der Waals surface area contributed by atoms with Gasteiger partial charge in [0.1, 0.15) is 0 Å². The van der Waals surface area contributed by atoms with Gasteiger partial charge in [0, 0.05) is 6.61 Å². The third kappa shape index (κ3) is 2.09. The van der Waals surface area contributed by atoms with E-state index in [1.807, 2.05) is 0 Å². The first kappa shape index (κ1) is 12.2. The minimum atomic E-state index is 0.319. The Balaban J connectivity index is 1.81. The van der Waals surface area contributed by atoms with Gasteiger partial charge in [0.15, 0.2) is 0 Å². The number of hydrogen-bond donors (Lipinski definition) is 0. The second-order valence-electron chi connectivity index (χ2n) is 6.51. The number of ether oxygens (including phenoxy) is 1. The maximum Gasteiger partial charge on any atom is 0.0614 e. The number of hydrogen-bond acceptors (Lipinski definition) is 1. The molecule has 1 aliphatic carbocycles. The lowest BCUT2D eigenvalue weighted by Gasteiger charge is -2.47. The fourth-order valence-corrected chi connectivity index (χ4v) is 3.92. The van der Waals surface area contributed by atoms with Crippen LogP contribution < -0.4 is 0 Å². The normalized spacial score (nSPS) is 40.2. The first-order valence-corrected chi connectivity index (χ1v) is 7.36. The van der Waals surface area contributed by atoms with Crippen LogP contribution in [0, 0.1) is 11.8 Å². The highest BCUT2D eigenvalue weighted by Gasteiger charge is 2.42. The Morgan fingerprint density at radius 2 is 1.94 bits per heavy atom. The van der Waals surface area contributed by atoms with Crippen molar-refractivity contribution < 1.29 is 4.74 Å². The summed E-state index contributed by atoms with van der Waals surface area (Å²) >= 11 is 0. The van der Waals surface area contributed by atoms with E-state index in [2.05, 4.69) is 44.2 Å². The van der Waals surface area contributed by atoms with Crippen molar-refractivity contribution in [1.29, 1.82) is 0 Å².